The Labute approximate surface area is 123 Å². The number of ether oxygens (including phenoxy) is 2. The average Bonchev–Trinajstić information content (AvgIpc) is 2.44. The first-order valence-electron chi connectivity index (χ1n) is 6.95. The summed E-state index contributed by atoms with van der Waals surface area (Å²) in [5.41, 5.74) is 0.489. The zero-order valence-corrected chi connectivity index (χ0v) is 12.3. The zero-order valence-electron chi connectivity index (χ0n) is 12.3. The molecule has 21 heavy (non-hydrogen) atoms. The highest BCUT2D eigenvalue weighted by molar-refractivity contribution is 6.01. The molecule has 0 bridgehead atoms. The molecule has 0 unspecified atom stereocenters. The molecule has 6 nitrogen and oxygen atoms in total. The molecule has 1 fully saturated rings. The van der Waals surface area contributed by atoms with E-state index in [1.54, 1.807) is 31.2 Å². The van der Waals surface area contributed by atoms with Crippen molar-refractivity contribution in [1.29, 1.82) is 0 Å². The van der Waals surface area contributed by atoms with Crippen molar-refractivity contribution >= 4 is 17.6 Å². The summed E-state index contributed by atoms with van der Waals surface area (Å²) in [7, 11) is 0. The van der Waals surface area contributed by atoms with Crippen LogP contribution in [0.25, 0.3) is 0 Å². The van der Waals surface area contributed by atoms with Crippen LogP contribution in [0.3, 0.4) is 0 Å². The van der Waals surface area contributed by atoms with Crippen molar-refractivity contribution in [2.75, 3.05) is 31.6 Å². The van der Waals surface area contributed by atoms with Crippen LogP contribution in [-0.2, 0) is 14.3 Å². The summed E-state index contributed by atoms with van der Waals surface area (Å²) in [5, 5.41) is 5.78. The average molecular weight is 292 g/mol. The van der Waals surface area contributed by atoms with Crippen LogP contribution in [0.15, 0.2) is 24.3 Å². The minimum atomic E-state index is -0.454. The maximum atomic E-state index is 11.9. The van der Waals surface area contributed by atoms with Crippen LogP contribution >= 0.6 is 0 Å². The third kappa shape index (κ3) is 4.03. The van der Waals surface area contributed by atoms with Crippen molar-refractivity contribution in [1.82, 2.24) is 5.32 Å². The summed E-state index contributed by atoms with van der Waals surface area (Å²) in [6.45, 7) is 5.40. The molecule has 1 amide bonds. The second-order valence-electron chi connectivity index (χ2n) is 5.16. The van der Waals surface area contributed by atoms with E-state index in [2.05, 4.69) is 10.6 Å². The van der Waals surface area contributed by atoms with E-state index in [4.69, 9.17) is 9.47 Å². The fraction of sp³-hybridized carbons (Fsp3) is 0.467. The summed E-state index contributed by atoms with van der Waals surface area (Å²) in [6, 6.07) is 6.75. The van der Waals surface area contributed by atoms with Gasteiger partial charge in [-0.3, -0.25) is 4.79 Å². The molecule has 1 aromatic rings. The Morgan fingerprint density at radius 1 is 1.33 bits per heavy atom. The van der Waals surface area contributed by atoms with Gasteiger partial charge in [0, 0.05) is 13.1 Å². The lowest BCUT2D eigenvalue weighted by molar-refractivity contribution is -0.130. The van der Waals surface area contributed by atoms with Gasteiger partial charge in [-0.25, -0.2) is 4.79 Å². The fourth-order valence-electron chi connectivity index (χ4n) is 1.98. The van der Waals surface area contributed by atoms with E-state index >= 15 is 0 Å². The first-order chi connectivity index (χ1) is 10.0. The van der Waals surface area contributed by atoms with Gasteiger partial charge in [-0.15, -0.1) is 0 Å². The zero-order chi connectivity index (χ0) is 15.3. The van der Waals surface area contributed by atoms with Gasteiger partial charge >= 0.3 is 5.97 Å². The molecule has 0 spiro atoms. The van der Waals surface area contributed by atoms with E-state index < -0.39 is 5.97 Å². The van der Waals surface area contributed by atoms with Crippen LogP contribution in [-0.4, -0.2) is 43.8 Å². The molecular formula is C15H20N2O4. The topological polar surface area (TPSA) is 76.7 Å². The largest absolute Gasteiger partial charge is 0.462 e. The van der Waals surface area contributed by atoms with Crippen LogP contribution in [0, 0.1) is 0 Å². The molecule has 2 rings (SSSR count). The first-order valence-corrected chi connectivity index (χ1v) is 6.95. The third-order valence-corrected chi connectivity index (χ3v) is 3.25. The number of carbonyl (C=O) groups is 2. The first kappa shape index (κ1) is 15.5. The Balaban J connectivity index is 1.95. The molecule has 1 heterocycles. The number of rotatable bonds is 6. The van der Waals surface area contributed by atoms with E-state index in [1.807, 2.05) is 6.92 Å². The van der Waals surface area contributed by atoms with Gasteiger partial charge in [-0.2, -0.15) is 0 Å². The van der Waals surface area contributed by atoms with E-state index in [1.165, 1.54) is 0 Å². The van der Waals surface area contributed by atoms with Crippen LogP contribution in [0.5, 0.6) is 0 Å². The summed E-state index contributed by atoms with van der Waals surface area (Å²) in [6.07, 6.45) is 0. The van der Waals surface area contributed by atoms with E-state index in [9.17, 15) is 9.59 Å². The molecule has 1 aliphatic heterocycles. The van der Waals surface area contributed by atoms with Crippen LogP contribution < -0.4 is 10.6 Å². The Morgan fingerprint density at radius 3 is 2.67 bits per heavy atom. The van der Waals surface area contributed by atoms with Gasteiger partial charge in [-0.1, -0.05) is 12.1 Å². The van der Waals surface area contributed by atoms with Gasteiger partial charge in [0.25, 0.3) is 0 Å². The molecule has 6 heteroatoms. The highest BCUT2D eigenvalue weighted by Crippen LogP contribution is 2.18. The van der Waals surface area contributed by atoms with E-state index in [0.717, 1.165) is 13.1 Å². The standard InChI is InChI=1S/C15H20N2O4/c1-3-20-14(19)11-6-4-5-7-12(11)17-13(18)8-21-15(2)9-16-10-15/h4-7,16H,3,8-10H2,1-2H3,(H,17,18). The molecule has 0 saturated carbocycles. The second-order valence-corrected chi connectivity index (χ2v) is 5.16. The number of benzene rings is 1. The van der Waals surface area contributed by atoms with Crippen molar-refractivity contribution in [3.8, 4) is 0 Å². The summed E-state index contributed by atoms with van der Waals surface area (Å²) in [4.78, 5) is 23.7. The number of carbonyl (C=O) groups excluding carboxylic acids is 2. The van der Waals surface area contributed by atoms with Crippen molar-refractivity contribution in [2.45, 2.75) is 19.4 Å². The summed E-state index contributed by atoms with van der Waals surface area (Å²) in [5.74, 6) is -0.746. The lowest BCUT2D eigenvalue weighted by Crippen LogP contribution is -2.59. The lowest BCUT2D eigenvalue weighted by atomic mass is 10.0. The highest BCUT2D eigenvalue weighted by Gasteiger charge is 2.33. The van der Waals surface area contributed by atoms with Crippen molar-refractivity contribution < 1.29 is 19.1 Å². The Morgan fingerprint density at radius 2 is 2.05 bits per heavy atom. The molecule has 0 aliphatic carbocycles. The molecular weight excluding hydrogens is 272 g/mol. The predicted molar refractivity (Wildman–Crippen MR) is 78.3 cm³/mol. The lowest BCUT2D eigenvalue weighted by Gasteiger charge is -2.38. The summed E-state index contributed by atoms with van der Waals surface area (Å²) < 4.78 is 10.5. The normalized spacial score (nSPS) is 15.9. The van der Waals surface area contributed by atoms with E-state index in [0.29, 0.717) is 11.3 Å². The van der Waals surface area contributed by atoms with Crippen LogP contribution in [0.1, 0.15) is 24.2 Å². The molecule has 1 aromatic carbocycles. The molecule has 0 aromatic heterocycles. The maximum absolute atomic E-state index is 11.9. The number of para-hydroxylation sites is 1. The SMILES string of the molecule is CCOC(=O)c1ccccc1NC(=O)COC1(C)CNC1. The van der Waals surface area contributed by atoms with Crippen molar-refractivity contribution in [3.63, 3.8) is 0 Å². The molecule has 1 aliphatic rings. The van der Waals surface area contributed by atoms with Gasteiger partial charge in [0.2, 0.25) is 5.91 Å². The molecule has 0 radical (unpaired) electrons. The number of amides is 1. The molecule has 2 N–H and O–H groups in total. The van der Waals surface area contributed by atoms with Crippen LogP contribution in [0.2, 0.25) is 0 Å². The van der Waals surface area contributed by atoms with Gasteiger partial charge in [0.1, 0.15) is 6.61 Å². The van der Waals surface area contributed by atoms with Crippen molar-refractivity contribution in [3.05, 3.63) is 29.8 Å². The minimum absolute atomic E-state index is 0.0463. The number of hydrogen-bond donors (Lipinski definition) is 2. The number of esters is 1. The van der Waals surface area contributed by atoms with Crippen molar-refractivity contribution in [2.24, 2.45) is 0 Å². The van der Waals surface area contributed by atoms with Gasteiger partial charge < -0.3 is 20.1 Å². The summed E-state index contributed by atoms with van der Waals surface area (Å²) >= 11 is 0. The smallest absolute Gasteiger partial charge is 0.340 e. The van der Waals surface area contributed by atoms with Crippen LogP contribution in [0.4, 0.5) is 5.69 Å². The quantitative estimate of drug-likeness (QED) is 0.770. The number of nitrogens with one attached hydrogen (secondary N) is 2. The van der Waals surface area contributed by atoms with Gasteiger partial charge in [-0.05, 0) is 26.0 Å². The minimum Gasteiger partial charge on any atom is -0.462 e. The van der Waals surface area contributed by atoms with E-state index in [-0.39, 0.29) is 24.7 Å². The monoisotopic (exact) mass is 292 g/mol. The Hall–Kier alpha value is -1.92. The second kappa shape index (κ2) is 6.69. The highest BCUT2D eigenvalue weighted by atomic mass is 16.5. The van der Waals surface area contributed by atoms with Gasteiger partial charge in [0.15, 0.2) is 0 Å². The maximum Gasteiger partial charge on any atom is 0.340 e. The number of hydrogen-bond acceptors (Lipinski definition) is 5. The predicted octanol–water partition coefficient (Wildman–Crippen LogP) is 1.18. The number of anilines is 1. The third-order valence-electron chi connectivity index (χ3n) is 3.25. The Kier molecular flexibility index (Phi) is 4.93. The Bertz CT molecular complexity index is 526. The fourth-order valence-corrected chi connectivity index (χ4v) is 1.98. The molecule has 1 saturated heterocycles. The van der Waals surface area contributed by atoms with Gasteiger partial charge in [0.05, 0.1) is 23.5 Å². The molecule has 0 atom stereocenters. The molecule has 114 valence electrons.